The fourth-order valence-electron chi connectivity index (χ4n) is 2.99. The number of nitrogens with one attached hydrogen (secondary N) is 2. The number of hydrogen-bond donors (Lipinski definition) is 2. The van der Waals surface area contributed by atoms with Crippen LogP contribution in [0.1, 0.15) is 43.9 Å². The third kappa shape index (κ3) is 5.18. The van der Waals surface area contributed by atoms with E-state index in [9.17, 15) is 0 Å². The number of rotatable bonds is 5. The minimum atomic E-state index is 0.129. The zero-order chi connectivity index (χ0) is 19.2. The van der Waals surface area contributed by atoms with E-state index in [2.05, 4.69) is 104 Å². The van der Waals surface area contributed by atoms with Gasteiger partial charge >= 0.3 is 0 Å². The number of anilines is 1. The second kappa shape index (κ2) is 8.83. The van der Waals surface area contributed by atoms with Gasteiger partial charge in [0.25, 0.3) is 0 Å². The van der Waals surface area contributed by atoms with Crippen molar-refractivity contribution < 1.29 is 0 Å². The van der Waals surface area contributed by atoms with E-state index < -0.39 is 0 Å². The van der Waals surface area contributed by atoms with Gasteiger partial charge in [0.15, 0.2) is 5.11 Å². The first-order valence-corrected chi connectivity index (χ1v) is 9.76. The van der Waals surface area contributed by atoms with Gasteiger partial charge in [0.1, 0.15) is 0 Å². The molecule has 3 aromatic rings. The maximum Gasteiger partial charge on any atom is 0.171 e. The predicted molar refractivity (Wildman–Crippen MR) is 120 cm³/mol. The van der Waals surface area contributed by atoms with E-state index in [1.54, 1.807) is 0 Å². The van der Waals surface area contributed by atoms with Crippen molar-refractivity contribution in [3.63, 3.8) is 0 Å². The standard InChI is InChI=1S/C24H26N2S/c1-17(2)19-13-15-23(16-14-19)26-24(27)25-18(3)20-9-11-22(12-10-20)21-7-5-4-6-8-21/h4-18H,1-3H3,(H2,25,26,27)/t18-/m1/s1. The van der Waals surface area contributed by atoms with Gasteiger partial charge in [0.2, 0.25) is 0 Å². The Bertz CT molecular complexity index is 869. The van der Waals surface area contributed by atoms with Crippen molar-refractivity contribution >= 4 is 23.0 Å². The van der Waals surface area contributed by atoms with Crippen LogP contribution in [0.2, 0.25) is 0 Å². The summed E-state index contributed by atoms with van der Waals surface area (Å²) in [5, 5.41) is 7.26. The molecule has 0 aliphatic rings. The Kier molecular flexibility index (Phi) is 6.25. The third-order valence-corrected chi connectivity index (χ3v) is 4.92. The molecule has 27 heavy (non-hydrogen) atoms. The van der Waals surface area contributed by atoms with E-state index in [-0.39, 0.29) is 6.04 Å². The maximum atomic E-state index is 5.48. The average Bonchev–Trinajstić information content (AvgIpc) is 2.69. The summed E-state index contributed by atoms with van der Waals surface area (Å²) < 4.78 is 0. The Morgan fingerprint density at radius 2 is 1.26 bits per heavy atom. The van der Waals surface area contributed by atoms with Crippen LogP contribution in [0.25, 0.3) is 11.1 Å². The van der Waals surface area contributed by atoms with Crippen molar-refractivity contribution in [2.45, 2.75) is 32.7 Å². The van der Waals surface area contributed by atoms with Gasteiger partial charge in [-0.05, 0) is 59.4 Å². The number of thiocarbonyl (C=S) groups is 1. The lowest BCUT2D eigenvalue weighted by Crippen LogP contribution is -2.30. The summed E-state index contributed by atoms with van der Waals surface area (Å²) in [5.74, 6) is 0.531. The maximum absolute atomic E-state index is 5.48. The lowest BCUT2D eigenvalue weighted by Gasteiger charge is -2.18. The van der Waals surface area contributed by atoms with E-state index in [4.69, 9.17) is 12.2 Å². The topological polar surface area (TPSA) is 24.1 Å². The van der Waals surface area contributed by atoms with Gasteiger partial charge in [-0.15, -0.1) is 0 Å². The van der Waals surface area contributed by atoms with Crippen molar-refractivity contribution in [2.24, 2.45) is 0 Å². The molecule has 3 heteroatoms. The van der Waals surface area contributed by atoms with Crippen LogP contribution in [-0.2, 0) is 0 Å². The lowest BCUT2D eigenvalue weighted by atomic mass is 10.0. The molecule has 0 bridgehead atoms. The molecule has 0 heterocycles. The predicted octanol–water partition coefficient (Wildman–Crippen LogP) is 6.52. The normalized spacial score (nSPS) is 11.9. The Morgan fingerprint density at radius 3 is 1.85 bits per heavy atom. The first kappa shape index (κ1) is 19.1. The van der Waals surface area contributed by atoms with Gasteiger partial charge in [-0.2, -0.15) is 0 Å². The van der Waals surface area contributed by atoms with E-state index in [0.29, 0.717) is 11.0 Å². The Hall–Kier alpha value is -2.65. The SMILES string of the molecule is CC(C)c1ccc(NC(=S)N[C@H](C)c2ccc(-c3ccccc3)cc2)cc1. The van der Waals surface area contributed by atoms with Crippen LogP contribution >= 0.6 is 12.2 Å². The molecule has 0 aliphatic heterocycles. The highest BCUT2D eigenvalue weighted by atomic mass is 32.1. The summed E-state index contributed by atoms with van der Waals surface area (Å²) in [6.07, 6.45) is 0. The summed E-state index contributed by atoms with van der Waals surface area (Å²) >= 11 is 5.48. The molecule has 0 spiro atoms. The van der Waals surface area contributed by atoms with Crippen LogP contribution in [0.3, 0.4) is 0 Å². The quantitative estimate of drug-likeness (QED) is 0.497. The Labute approximate surface area is 167 Å². The summed E-state index contributed by atoms with van der Waals surface area (Å²) in [5.41, 5.74) is 5.98. The summed E-state index contributed by atoms with van der Waals surface area (Å²) in [4.78, 5) is 0. The van der Waals surface area contributed by atoms with Gasteiger partial charge in [-0.1, -0.05) is 80.6 Å². The fraction of sp³-hybridized carbons (Fsp3) is 0.208. The number of hydrogen-bond acceptors (Lipinski definition) is 1. The second-order valence-electron chi connectivity index (χ2n) is 7.08. The minimum Gasteiger partial charge on any atom is -0.356 e. The van der Waals surface area contributed by atoms with Crippen molar-refractivity contribution in [3.8, 4) is 11.1 Å². The third-order valence-electron chi connectivity index (χ3n) is 4.70. The summed E-state index contributed by atoms with van der Waals surface area (Å²) in [6, 6.07) is 27.6. The largest absolute Gasteiger partial charge is 0.356 e. The average molecular weight is 375 g/mol. The molecule has 0 aromatic heterocycles. The Morgan fingerprint density at radius 1 is 0.704 bits per heavy atom. The van der Waals surface area contributed by atoms with Crippen molar-refractivity contribution in [1.29, 1.82) is 0 Å². The molecule has 3 rings (SSSR count). The molecule has 0 saturated heterocycles. The smallest absolute Gasteiger partial charge is 0.171 e. The van der Waals surface area contributed by atoms with Crippen molar-refractivity contribution in [1.82, 2.24) is 5.32 Å². The molecule has 0 fully saturated rings. The van der Waals surface area contributed by atoms with Crippen LogP contribution in [0, 0.1) is 0 Å². The Balaban J connectivity index is 1.59. The molecule has 2 N–H and O–H groups in total. The highest BCUT2D eigenvalue weighted by Gasteiger charge is 2.08. The fourth-order valence-corrected chi connectivity index (χ4v) is 3.29. The van der Waals surface area contributed by atoms with Crippen LogP contribution < -0.4 is 10.6 Å². The molecule has 0 aliphatic carbocycles. The zero-order valence-electron chi connectivity index (χ0n) is 16.1. The number of benzene rings is 3. The van der Waals surface area contributed by atoms with Gasteiger partial charge in [-0.25, -0.2) is 0 Å². The molecule has 1 atom stereocenters. The first-order chi connectivity index (χ1) is 13.0. The summed E-state index contributed by atoms with van der Waals surface area (Å²) in [6.45, 7) is 6.51. The van der Waals surface area contributed by atoms with Crippen LogP contribution in [0.15, 0.2) is 78.9 Å². The lowest BCUT2D eigenvalue weighted by molar-refractivity contribution is 0.723. The molecule has 2 nitrogen and oxygen atoms in total. The second-order valence-corrected chi connectivity index (χ2v) is 7.49. The minimum absolute atomic E-state index is 0.129. The van der Waals surface area contributed by atoms with Gasteiger partial charge < -0.3 is 10.6 Å². The molecule has 138 valence electrons. The molecule has 0 amide bonds. The molecular formula is C24H26N2S. The molecule has 0 saturated carbocycles. The van der Waals surface area contributed by atoms with Gasteiger partial charge in [0.05, 0.1) is 6.04 Å². The van der Waals surface area contributed by atoms with Crippen molar-refractivity contribution in [2.75, 3.05) is 5.32 Å². The highest BCUT2D eigenvalue weighted by Crippen LogP contribution is 2.22. The van der Waals surface area contributed by atoms with Crippen LogP contribution in [0.4, 0.5) is 5.69 Å². The molecule has 0 radical (unpaired) electrons. The zero-order valence-corrected chi connectivity index (χ0v) is 16.9. The molecule has 0 unspecified atom stereocenters. The van der Waals surface area contributed by atoms with E-state index in [1.165, 1.54) is 22.3 Å². The molecule has 3 aromatic carbocycles. The molecular weight excluding hydrogens is 348 g/mol. The van der Waals surface area contributed by atoms with E-state index >= 15 is 0 Å². The highest BCUT2D eigenvalue weighted by molar-refractivity contribution is 7.80. The van der Waals surface area contributed by atoms with Crippen LogP contribution in [-0.4, -0.2) is 5.11 Å². The van der Waals surface area contributed by atoms with E-state index in [1.807, 2.05) is 6.07 Å². The first-order valence-electron chi connectivity index (χ1n) is 9.36. The van der Waals surface area contributed by atoms with Crippen LogP contribution in [0.5, 0.6) is 0 Å². The summed E-state index contributed by atoms with van der Waals surface area (Å²) in [7, 11) is 0. The van der Waals surface area contributed by atoms with Gasteiger partial charge in [0, 0.05) is 5.69 Å². The van der Waals surface area contributed by atoms with Gasteiger partial charge in [-0.3, -0.25) is 0 Å². The van der Waals surface area contributed by atoms with Crippen molar-refractivity contribution in [3.05, 3.63) is 90.0 Å². The monoisotopic (exact) mass is 374 g/mol. The van der Waals surface area contributed by atoms with E-state index in [0.717, 1.165) is 5.69 Å².